The highest BCUT2D eigenvalue weighted by Crippen LogP contribution is 2.46. The number of hydrogen-bond donors (Lipinski definition) is 0. The fraction of sp³-hybridized carbons (Fsp3) is 0.404. The molecule has 270 valence electrons. The predicted octanol–water partition coefficient (Wildman–Crippen LogP) is 12.7. The van der Waals surface area contributed by atoms with Crippen molar-refractivity contribution in [3.8, 4) is 23.0 Å². The number of benzene rings is 3. The molecule has 5 heteroatoms. The molecule has 0 N–H and O–H groups in total. The monoisotopic (exact) mass is 692 g/mol. The van der Waals surface area contributed by atoms with Crippen LogP contribution in [0, 0.1) is 18.8 Å². The van der Waals surface area contributed by atoms with Crippen LogP contribution in [-0.2, 0) is 17.3 Å². The van der Waals surface area contributed by atoms with Gasteiger partial charge in [0.1, 0.15) is 17.3 Å². The fourth-order valence-corrected chi connectivity index (χ4v) is 8.75. The Kier molecular flexibility index (Phi) is 9.21. The van der Waals surface area contributed by atoms with Gasteiger partial charge in [0.25, 0.3) is 0 Å². The van der Waals surface area contributed by atoms with Crippen LogP contribution >= 0.6 is 0 Å². The van der Waals surface area contributed by atoms with Gasteiger partial charge in [-0.25, -0.2) is 9.67 Å². The molecule has 0 bridgehead atoms. The molecule has 0 amide bonds. The summed E-state index contributed by atoms with van der Waals surface area (Å²) < 4.78 is 11.4. The van der Waals surface area contributed by atoms with Crippen molar-refractivity contribution in [2.45, 2.75) is 112 Å². The van der Waals surface area contributed by atoms with Gasteiger partial charge in [0, 0.05) is 46.0 Å². The number of pyridine rings is 1. The van der Waals surface area contributed by atoms with E-state index < -0.39 is 0 Å². The minimum Gasteiger partial charge on any atom is -0.457 e. The van der Waals surface area contributed by atoms with E-state index in [-0.39, 0.29) is 10.8 Å². The predicted molar refractivity (Wildman–Crippen MR) is 218 cm³/mol. The molecular formula is C47H56N4O. The number of aromatic nitrogens is 4. The number of para-hydroxylation sites is 1. The Morgan fingerprint density at radius 1 is 0.808 bits per heavy atom. The van der Waals surface area contributed by atoms with Crippen molar-refractivity contribution in [3.63, 3.8) is 0 Å². The summed E-state index contributed by atoms with van der Waals surface area (Å²) in [5.74, 6) is 4.03. The second-order valence-corrected chi connectivity index (χ2v) is 17.5. The molecule has 3 aromatic carbocycles. The maximum Gasteiger partial charge on any atom is 0.137 e. The molecule has 52 heavy (non-hydrogen) atoms. The van der Waals surface area contributed by atoms with Crippen molar-refractivity contribution in [2.75, 3.05) is 0 Å². The Morgan fingerprint density at radius 3 is 2.27 bits per heavy atom. The third-order valence-electron chi connectivity index (χ3n) is 10.9. The molecule has 3 atom stereocenters. The molecule has 0 fully saturated rings. The normalized spacial score (nSPS) is 18.3. The second-order valence-electron chi connectivity index (χ2n) is 17.5. The summed E-state index contributed by atoms with van der Waals surface area (Å²) in [4.78, 5) is 4.85. The highest BCUT2D eigenvalue weighted by atomic mass is 16.5. The number of hydrogen-bond acceptors (Lipinski definition) is 3. The van der Waals surface area contributed by atoms with Gasteiger partial charge in [-0.05, 0) is 97.5 Å². The van der Waals surface area contributed by atoms with Gasteiger partial charge in [-0.3, -0.25) is 4.57 Å². The summed E-state index contributed by atoms with van der Waals surface area (Å²) >= 11 is 0. The van der Waals surface area contributed by atoms with E-state index in [1.807, 2.05) is 6.20 Å². The lowest BCUT2D eigenvalue weighted by molar-refractivity contribution is 0.385. The molecule has 7 rings (SSSR count). The first-order valence-electron chi connectivity index (χ1n) is 19.2. The number of fused-ring (bicyclic) bond motifs is 3. The average molecular weight is 693 g/mol. The Labute approximate surface area is 310 Å². The minimum atomic E-state index is -0.126. The molecule has 0 saturated heterocycles. The third kappa shape index (κ3) is 6.59. The number of aryl methyl sites for hydroxylation is 2. The molecule has 5 nitrogen and oxygen atoms in total. The summed E-state index contributed by atoms with van der Waals surface area (Å²) in [5.41, 5.74) is 10.8. The van der Waals surface area contributed by atoms with Crippen molar-refractivity contribution in [1.82, 2.24) is 19.3 Å². The molecule has 3 heterocycles. The summed E-state index contributed by atoms with van der Waals surface area (Å²) in [6, 6.07) is 26.1. The Bertz CT molecular complexity index is 2300. The highest BCUT2D eigenvalue weighted by Gasteiger charge is 2.36. The lowest BCUT2D eigenvalue weighted by Crippen LogP contribution is -2.25. The molecule has 6 aromatic rings. The zero-order chi connectivity index (χ0) is 37.1. The molecule has 3 aromatic heterocycles. The van der Waals surface area contributed by atoms with Gasteiger partial charge in [0.05, 0.1) is 28.1 Å². The van der Waals surface area contributed by atoms with E-state index in [9.17, 15) is 0 Å². The first-order valence-corrected chi connectivity index (χ1v) is 19.2. The highest BCUT2D eigenvalue weighted by molar-refractivity contribution is 6.09. The summed E-state index contributed by atoms with van der Waals surface area (Å²) in [6.07, 6.45) is 7.72. The van der Waals surface area contributed by atoms with Crippen molar-refractivity contribution in [2.24, 2.45) is 11.8 Å². The van der Waals surface area contributed by atoms with Gasteiger partial charge in [0.2, 0.25) is 0 Å². The molecule has 0 radical (unpaired) electrons. The number of rotatable bonds is 7. The summed E-state index contributed by atoms with van der Waals surface area (Å²) in [6.45, 7) is 25.3. The number of allylic oxidation sites excluding steroid dienone is 2. The van der Waals surface area contributed by atoms with E-state index in [0.717, 1.165) is 52.6 Å². The molecule has 0 spiro atoms. The molecule has 1 aliphatic carbocycles. The Balaban J connectivity index is 1.37. The van der Waals surface area contributed by atoms with Crippen LogP contribution in [0.4, 0.5) is 0 Å². The summed E-state index contributed by atoms with van der Waals surface area (Å²) in [7, 11) is 0. The van der Waals surface area contributed by atoms with Gasteiger partial charge >= 0.3 is 0 Å². The van der Waals surface area contributed by atoms with E-state index in [0.29, 0.717) is 17.8 Å². The van der Waals surface area contributed by atoms with E-state index in [1.54, 1.807) is 0 Å². The summed E-state index contributed by atoms with van der Waals surface area (Å²) in [5, 5.41) is 7.72. The first kappa shape index (κ1) is 35.7. The van der Waals surface area contributed by atoms with Crippen molar-refractivity contribution >= 4 is 21.8 Å². The smallest absolute Gasteiger partial charge is 0.137 e. The topological polar surface area (TPSA) is 44.9 Å². The van der Waals surface area contributed by atoms with Gasteiger partial charge in [-0.15, -0.1) is 0 Å². The van der Waals surface area contributed by atoms with Crippen LogP contribution in [0.1, 0.15) is 116 Å². The van der Waals surface area contributed by atoms with Crippen molar-refractivity contribution in [1.29, 1.82) is 0 Å². The van der Waals surface area contributed by atoms with E-state index in [1.165, 1.54) is 45.2 Å². The van der Waals surface area contributed by atoms with Crippen molar-refractivity contribution in [3.05, 3.63) is 119 Å². The van der Waals surface area contributed by atoms with Crippen LogP contribution in [0.15, 0.2) is 90.6 Å². The Morgan fingerprint density at radius 2 is 1.56 bits per heavy atom. The van der Waals surface area contributed by atoms with Crippen LogP contribution < -0.4 is 4.74 Å². The lowest BCUT2D eigenvalue weighted by Gasteiger charge is -2.34. The zero-order valence-corrected chi connectivity index (χ0v) is 33.1. The standard InChI is InChI=1S/C47H56N4O/c1-12-15-33-20-21-48-42(24-33)50-40-17-14-13-16-38(40)39-19-18-36(28-41(39)50)52-37-26-34(46(6,7)8)25-35(27-37)51-45(47(9,10)11)44(32(5)49-51)43-30(3)22-29(2)23-31(43)4/h13-14,16-22,24-29,31,43H,12,15,23H2,1-11H3/t29-,31-,43?/m0/s1. The number of ether oxygens (including phenoxy) is 1. The quantitative estimate of drug-likeness (QED) is 0.156. The van der Waals surface area contributed by atoms with Crippen molar-refractivity contribution < 1.29 is 4.74 Å². The van der Waals surface area contributed by atoms with Crippen LogP contribution in [-0.4, -0.2) is 19.3 Å². The molecule has 0 aliphatic heterocycles. The number of nitrogens with zero attached hydrogens (tertiary/aromatic N) is 4. The largest absolute Gasteiger partial charge is 0.457 e. The van der Waals surface area contributed by atoms with Gasteiger partial charge in [0.15, 0.2) is 0 Å². The maximum absolute atomic E-state index is 6.87. The average Bonchev–Trinajstić information content (AvgIpc) is 3.59. The molecule has 1 aliphatic rings. The SMILES string of the molecule is CCCc1ccnc(-n2c3ccccc3c3ccc(Oc4cc(-n5nc(C)c(C6C(C)=C[C@H](C)C[C@@H]6C)c5C(C)(C)C)cc(C(C)(C)C)c4)cc32)c1. The zero-order valence-electron chi connectivity index (χ0n) is 33.1. The van der Waals surface area contributed by atoms with Crippen LogP contribution in [0.3, 0.4) is 0 Å². The van der Waals surface area contributed by atoms with Gasteiger partial charge in [-0.1, -0.05) is 98.6 Å². The molecule has 0 saturated carbocycles. The van der Waals surface area contributed by atoms with E-state index in [2.05, 4.69) is 164 Å². The lowest BCUT2D eigenvalue weighted by atomic mass is 9.70. The minimum absolute atomic E-state index is 0.0973. The van der Waals surface area contributed by atoms with E-state index in [4.69, 9.17) is 14.8 Å². The second kappa shape index (κ2) is 13.4. The fourth-order valence-electron chi connectivity index (χ4n) is 8.75. The molecule has 1 unspecified atom stereocenters. The van der Waals surface area contributed by atoms with Gasteiger partial charge in [-0.2, -0.15) is 5.10 Å². The molecular weight excluding hydrogens is 637 g/mol. The van der Waals surface area contributed by atoms with E-state index >= 15 is 0 Å². The van der Waals surface area contributed by atoms with Crippen LogP contribution in [0.2, 0.25) is 0 Å². The first-order chi connectivity index (χ1) is 24.6. The maximum atomic E-state index is 6.87. The Hall–Kier alpha value is -4.64. The van der Waals surface area contributed by atoms with Crippen LogP contribution in [0.5, 0.6) is 11.5 Å². The van der Waals surface area contributed by atoms with Gasteiger partial charge < -0.3 is 4.74 Å². The third-order valence-corrected chi connectivity index (χ3v) is 10.9. The van der Waals surface area contributed by atoms with Crippen LogP contribution in [0.25, 0.3) is 33.3 Å².